The molecule has 0 fully saturated rings. The monoisotopic (exact) mass is 375 g/mol. The van der Waals surface area contributed by atoms with Crippen LogP contribution in [0.2, 0.25) is 0 Å². The summed E-state index contributed by atoms with van der Waals surface area (Å²) in [5.74, 6) is 2.49. The Morgan fingerprint density at radius 2 is 1.75 bits per heavy atom. The van der Waals surface area contributed by atoms with Crippen LogP contribution < -0.4 is 19.5 Å². The van der Waals surface area contributed by atoms with Crippen molar-refractivity contribution in [2.45, 2.75) is 25.6 Å². The van der Waals surface area contributed by atoms with Crippen LogP contribution in [0, 0.1) is 0 Å². The summed E-state index contributed by atoms with van der Waals surface area (Å²) in [6, 6.07) is 24.8. The van der Waals surface area contributed by atoms with E-state index in [1.165, 1.54) is 5.56 Å². The number of methoxy groups -OCH3 is 1. The molecule has 4 rings (SSSR count). The fourth-order valence-corrected chi connectivity index (χ4v) is 3.47. The Bertz CT molecular complexity index is 911. The average molecular weight is 375 g/mol. The third kappa shape index (κ3) is 4.29. The SMILES string of the molecule is COc1ccc(CNC2CCOc3ccccc32)cc1OCc1ccccc1. The second kappa shape index (κ2) is 8.81. The van der Waals surface area contributed by atoms with Crippen LogP contribution in [-0.2, 0) is 13.2 Å². The van der Waals surface area contributed by atoms with E-state index in [2.05, 4.69) is 41.7 Å². The van der Waals surface area contributed by atoms with E-state index in [0.717, 1.165) is 47.9 Å². The van der Waals surface area contributed by atoms with Crippen molar-refractivity contribution in [1.29, 1.82) is 0 Å². The maximum atomic E-state index is 6.03. The molecule has 1 unspecified atom stereocenters. The van der Waals surface area contributed by atoms with E-state index in [1.807, 2.05) is 36.4 Å². The molecule has 3 aromatic rings. The zero-order valence-corrected chi connectivity index (χ0v) is 16.1. The predicted octanol–water partition coefficient (Wildman–Crippen LogP) is 4.89. The Balaban J connectivity index is 1.44. The molecule has 4 nitrogen and oxygen atoms in total. The van der Waals surface area contributed by atoms with Crippen molar-refractivity contribution in [3.05, 3.63) is 89.5 Å². The van der Waals surface area contributed by atoms with E-state index in [4.69, 9.17) is 14.2 Å². The molecule has 1 heterocycles. The summed E-state index contributed by atoms with van der Waals surface area (Å²) in [6.45, 7) is 2.01. The van der Waals surface area contributed by atoms with Gasteiger partial charge in [0, 0.05) is 24.6 Å². The summed E-state index contributed by atoms with van der Waals surface area (Å²) < 4.78 is 17.3. The molecule has 144 valence electrons. The number of nitrogens with one attached hydrogen (secondary N) is 1. The lowest BCUT2D eigenvalue weighted by molar-refractivity contribution is 0.252. The van der Waals surface area contributed by atoms with E-state index in [-0.39, 0.29) is 0 Å². The molecule has 1 atom stereocenters. The predicted molar refractivity (Wildman–Crippen MR) is 110 cm³/mol. The summed E-state index contributed by atoms with van der Waals surface area (Å²) in [7, 11) is 1.67. The van der Waals surface area contributed by atoms with Gasteiger partial charge in [0.2, 0.25) is 0 Å². The fourth-order valence-electron chi connectivity index (χ4n) is 3.47. The van der Waals surface area contributed by atoms with Crippen molar-refractivity contribution in [2.24, 2.45) is 0 Å². The number of ether oxygens (including phenoxy) is 3. The molecule has 3 aromatic carbocycles. The normalized spacial score (nSPS) is 15.4. The highest BCUT2D eigenvalue weighted by Crippen LogP contribution is 2.33. The highest BCUT2D eigenvalue weighted by atomic mass is 16.5. The molecular weight excluding hydrogens is 350 g/mol. The van der Waals surface area contributed by atoms with Crippen LogP contribution in [0.1, 0.15) is 29.2 Å². The van der Waals surface area contributed by atoms with Crippen LogP contribution in [0.3, 0.4) is 0 Å². The largest absolute Gasteiger partial charge is 0.493 e. The van der Waals surface area contributed by atoms with Gasteiger partial charge in [0.25, 0.3) is 0 Å². The maximum Gasteiger partial charge on any atom is 0.161 e. The number of benzene rings is 3. The van der Waals surface area contributed by atoms with Crippen molar-refractivity contribution >= 4 is 0 Å². The fraction of sp³-hybridized carbons (Fsp3) is 0.250. The standard InChI is InChI=1S/C24H25NO3/c1-26-23-12-11-19(15-24(23)28-17-18-7-3-2-4-8-18)16-25-21-13-14-27-22-10-6-5-9-20(21)22/h2-12,15,21,25H,13-14,16-17H2,1H3. The van der Waals surface area contributed by atoms with Gasteiger partial charge in [-0.3, -0.25) is 0 Å². The molecule has 0 bridgehead atoms. The highest BCUT2D eigenvalue weighted by molar-refractivity contribution is 5.43. The van der Waals surface area contributed by atoms with Crippen LogP contribution in [-0.4, -0.2) is 13.7 Å². The molecule has 0 radical (unpaired) electrons. The van der Waals surface area contributed by atoms with Gasteiger partial charge in [-0.2, -0.15) is 0 Å². The van der Waals surface area contributed by atoms with Crippen molar-refractivity contribution in [2.75, 3.05) is 13.7 Å². The molecular formula is C24H25NO3. The zero-order valence-electron chi connectivity index (χ0n) is 16.1. The number of hydrogen-bond acceptors (Lipinski definition) is 4. The number of hydrogen-bond donors (Lipinski definition) is 1. The Kier molecular flexibility index (Phi) is 5.78. The van der Waals surface area contributed by atoms with E-state index in [0.29, 0.717) is 12.6 Å². The highest BCUT2D eigenvalue weighted by Gasteiger charge is 2.20. The first-order valence-corrected chi connectivity index (χ1v) is 9.62. The second-order valence-corrected chi connectivity index (χ2v) is 6.87. The molecule has 0 saturated heterocycles. The number of rotatable bonds is 7. The molecule has 0 aromatic heterocycles. The van der Waals surface area contributed by atoms with Crippen molar-refractivity contribution < 1.29 is 14.2 Å². The molecule has 1 aliphatic heterocycles. The lowest BCUT2D eigenvalue weighted by Crippen LogP contribution is -2.26. The van der Waals surface area contributed by atoms with Gasteiger partial charge in [0.05, 0.1) is 13.7 Å². The lowest BCUT2D eigenvalue weighted by Gasteiger charge is -2.27. The van der Waals surface area contributed by atoms with Crippen molar-refractivity contribution in [3.63, 3.8) is 0 Å². The first-order valence-electron chi connectivity index (χ1n) is 9.62. The number of fused-ring (bicyclic) bond motifs is 1. The van der Waals surface area contributed by atoms with E-state index in [1.54, 1.807) is 7.11 Å². The Labute approximate surface area is 166 Å². The molecule has 4 heteroatoms. The average Bonchev–Trinajstić information content (AvgIpc) is 2.77. The van der Waals surface area contributed by atoms with E-state index in [9.17, 15) is 0 Å². The topological polar surface area (TPSA) is 39.7 Å². The van der Waals surface area contributed by atoms with Gasteiger partial charge in [-0.1, -0.05) is 54.6 Å². The van der Waals surface area contributed by atoms with E-state index >= 15 is 0 Å². The summed E-state index contributed by atoms with van der Waals surface area (Å²) in [5, 5.41) is 3.66. The Morgan fingerprint density at radius 1 is 0.929 bits per heavy atom. The van der Waals surface area contributed by atoms with Gasteiger partial charge >= 0.3 is 0 Å². The minimum Gasteiger partial charge on any atom is -0.493 e. The van der Waals surface area contributed by atoms with Gasteiger partial charge in [-0.25, -0.2) is 0 Å². The minimum atomic E-state index is 0.292. The van der Waals surface area contributed by atoms with Gasteiger partial charge in [-0.05, 0) is 29.3 Å². The summed E-state index contributed by atoms with van der Waals surface area (Å²) in [4.78, 5) is 0. The first kappa shape index (κ1) is 18.4. The first-order chi connectivity index (χ1) is 13.8. The van der Waals surface area contributed by atoms with Gasteiger partial charge in [0.15, 0.2) is 11.5 Å². The van der Waals surface area contributed by atoms with Gasteiger partial charge in [0.1, 0.15) is 12.4 Å². The summed E-state index contributed by atoms with van der Waals surface area (Å²) in [6.07, 6.45) is 0.963. The Hall–Kier alpha value is -2.98. The number of para-hydroxylation sites is 1. The minimum absolute atomic E-state index is 0.292. The molecule has 0 amide bonds. The van der Waals surface area contributed by atoms with Crippen LogP contribution in [0.4, 0.5) is 0 Å². The van der Waals surface area contributed by atoms with Crippen LogP contribution >= 0.6 is 0 Å². The van der Waals surface area contributed by atoms with Crippen molar-refractivity contribution in [3.8, 4) is 17.2 Å². The van der Waals surface area contributed by atoms with Gasteiger partial charge < -0.3 is 19.5 Å². The third-order valence-electron chi connectivity index (χ3n) is 4.98. The van der Waals surface area contributed by atoms with Gasteiger partial charge in [-0.15, -0.1) is 0 Å². The summed E-state index contributed by atoms with van der Waals surface area (Å²) in [5.41, 5.74) is 3.52. The molecule has 0 aliphatic carbocycles. The van der Waals surface area contributed by atoms with Crippen LogP contribution in [0.15, 0.2) is 72.8 Å². The molecule has 0 saturated carbocycles. The van der Waals surface area contributed by atoms with Crippen LogP contribution in [0.5, 0.6) is 17.2 Å². The molecule has 1 N–H and O–H groups in total. The zero-order chi connectivity index (χ0) is 19.2. The van der Waals surface area contributed by atoms with Crippen LogP contribution in [0.25, 0.3) is 0 Å². The third-order valence-corrected chi connectivity index (χ3v) is 4.98. The van der Waals surface area contributed by atoms with E-state index < -0.39 is 0 Å². The van der Waals surface area contributed by atoms with Crippen molar-refractivity contribution in [1.82, 2.24) is 5.32 Å². The lowest BCUT2D eigenvalue weighted by atomic mass is 10.0. The molecule has 28 heavy (non-hydrogen) atoms. The molecule has 0 spiro atoms. The quantitative estimate of drug-likeness (QED) is 0.638. The maximum absolute atomic E-state index is 6.03. The Morgan fingerprint density at radius 3 is 2.61 bits per heavy atom. The smallest absolute Gasteiger partial charge is 0.161 e. The second-order valence-electron chi connectivity index (χ2n) is 6.87. The summed E-state index contributed by atoms with van der Waals surface area (Å²) >= 11 is 0. The molecule has 1 aliphatic rings.